The van der Waals surface area contributed by atoms with Gasteiger partial charge in [-0.15, -0.1) is 0 Å². The van der Waals surface area contributed by atoms with Crippen molar-refractivity contribution in [2.75, 3.05) is 23.7 Å². The molecule has 1 saturated carbocycles. The molecule has 0 radical (unpaired) electrons. The number of aromatic nitrogens is 2. The van der Waals surface area contributed by atoms with E-state index in [1.165, 1.54) is 0 Å². The summed E-state index contributed by atoms with van der Waals surface area (Å²) in [5, 5.41) is 10.0. The van der Waals surface area contributed by atoms with Gasteiger partial charge in [0.15, 0.2) is 5.82 Å². The van der Waals surface area contributed by atoms with Crippen molar-refractivity contribution in [3.63, 3.8) is 0 Å². The summed E-state index contributed by atoms with van der Waals surface area (Å²) in [6.45, 7) is 8.04. The van der Waals surface area contributed by atoms with Gasteiger partial charge in [-0.05, 0) is 62.8 Å². The molecule has 0 atom stereocenters. The Bertz CT molecular complexity index is 1090. The molecule has 2 N–H and O–H groups in total. The van der Waals surface area contributed by atoms with E-state index in [2.05, 4.69) is 20.8 Å². The number of hydrogen-bond acceptors (Lipinski definition) is 6. The predicted molar refractivity (Wildman–Crippen MR) is 131 cm³/mol. The summed E-state index contributed by atoms with van der Waals surface area (Å²) in [6, 6.07) is 11.7. The molecule has 8 nitrogen and oxygen atoms in total. The molecule has 1 aromatic heterocycles. The summed E-state index contributed by atoms with van der Waals surface area (Å²) in [5.74, 6) is 1.06. The van der Waals surface area contributed by atoms with Crippen LogP contribution in [0.25, 0.3) is 0 Å². The van der Waals surface area contributed by atoms with E-state index in [9.17, 15) is 9.59 Å². The third kappa shape index (κ3) is 5.88. The highest BCUT2D eigenvalue weighted by molar-refractivity contribution is 5.96. The van der Waals surface area contributed by atoms with Crippen LogP contribution in [0.1, 0.15) is 52.7 Å². The molecule has 1 aliphatic rings. The van der Waals surface area contributed by atoms with Gasteiger partial charge in [0, 0.05) is 17.3 Å². The van der Waals surface area contributed by atoms with Crippen molar-refractivity contribution in [2.24, 2.45) is 0 Å². The third-order valence-corrected chi connectivity index (χ3v) is 6.01. The van der Waals surface area contributed by atoms with Crippen molar-refractivity contribution in [2.45, 2.75) is 53.0 Å². The van der Waals surface area contributed by atoms with Crippen LogP contribution in [0.5, 0.6) is 0 Å². The minimum atomic E-state index is -0.209. The van der Waals surface area contributed by atoms with Crippen LogP contribution in [0, 0.1) is 27.7 Å². The Morgan fingerprint density at radius 1 is 0.882 bits per heavy atom. The van der Waals surface area contributed by atoms with Gasteiger partial charge in [-0.3, -0.25) is 14.5 Å². The topological polar surface area (TPSA) is 100 Å². The Morgan fingerprint density at radius 3 is 1.79 bits per heavy atom. The van der Waals surface area contributed by atoms with Crippen LogP contribution in [0.3, 0.4) is 0 Å². The fourth-order valence-electron chi connectivity index (χ4n) is 3.99. The number of nitrogens with one attached hydrogen (secondary N) is 2. The van der Waals surface area contributed by atoms with E-state index in [0.717, 1.165) is 46.5 Å². The number of anilines is 2. The van der Waals surface area contributed by atoms with Gasteiger partial charge >= 0.3 is 0 Å². The van der Waals surface area contributed by atoms with Crippen LogP contribution in [0.4, 0.5) is 11.4 Å². The Hall–Kier alpha value is -3.52. The molecule has 1 aliphatic carbocycles. The fourth-order valence-corrected chi connectivity index (χ4v) is 3.99. The van der Waals surface area contributed by atoms with Crippen LogP contribution in [0.15, 0.2) is 40.9 Å². The van der Waals surface area contributed by atoms with Crippen LogP contribution < -0.4 is 10.6 Å². The Kier molecular flexibility index (Phi) is 7.07. The van der Waals surface area contributed by atoms with Crippen LogP contribution in [0.2, 0.25) is 0 Å². The number of rotatable bonds is 9. The Balaban J connectivity index is 1.47. The highest BCUT2D eigenvalue weighted by Crippen LogP contribution is 2.38. The second-order valence-electron chi connectivity index (χ2n) is 9.10. The van der Waals surface area contributed by atoms with Gasteiger partial charge < -0.3 is 15.2 Å². The quantitative estimate of drug-likeness (QED) is 0.494. The first-order valence-corrected chi connectivity index (χ1v) is 11.6. The highest BCUT2D eigenvalue weighted by atomic mass is 16.5. The lowest BCUT2D eigenvalue weighted by molar-refractivity contribution is -0.120. The normalized spacial score (nSPS) is 13.2. The molecule has 3 aromatic rings. The zero-order chi connectivity index (χ0) is 24.2. The number of nitrogens with zero attached hydrogens (tertiary/aromatic N) is 3. The minimum absolute atomic E-state index is 0.00902. The van der Waals surface area contributed by atoms with E-state index in [0.29, 0.717) is 17.6 Å². The average Bonchev–Trinajstić information content (AvgIpc) is 3.52. The number of carbonyl (C=O) groups excluding carboxylic acids is 2. The molecule has 0 spiro atoms. The molecular weight excluding hydrogens is 430 g/mol. The lowest BCUT2D eigenvalue weighted by atomic mass is 10.1. The molecule has 0 unspecified atom stereocenters. The van der Waals surface area contributed by atoms with Crippen molar-refractivity contribution in [1.82, 2.24) is 15.0 Å². The van der Waals surface area contributed by atoms with Gasteiger partial charge in [0.2, 0.25) is 17.7 Å². The van der Waals surface area contributed by atoms with Gasteiger partial charge in [0.05, 0.1) is 19.6 Å². The molecule has 178 valence electrons. The van der Waals surface area contributed by atoms with Gasteiger partial charge in [0.25, 0.3) is 0 Å². The number of para-hydroxylation sites is 2. The van der Waals surface area contributed by atoms with E-state index >= 15 is 0 Å². The monoisotopic (exact) mass is 461 g/mol. The van der Waals surface area contributed by atoms with Gasteiger partial charge in [-0.25, -0.2) is 0 Å². The SMILES string of the molecule is Cc1cccc(C)c1NC(=O)CN(CC(=O)Nc1c(C)cccc1C)Cc1nc(C2CC2)no1. The van der Waals surface area contributed by atoms with Crippen LogP contribution in [-0.2, 0) is 16.1 Å². The standard InChI is InChI=1S/C26H31N5O3/c1-16-7-5-8-17(2)24(16)27-21(32)13-31(15-23-29-26(30-34-23)20-11-12-20)14-22(33)28-25-18(3)9-6-10-19(25)4/h5-10,20H,11-15H2,1-4H3,(H,27,32)(H,28,33). The number of carbonyl (C=O) groups is 2. The van der Waals surface area contributed by atoms with Gasteiger partial charge in [-0.1, -0.05) is 41.6 Å². The smallest absolute Gasteiger partial charge is 0.240 e. The maximum Gasteiger partial charge on any atom is 0.240 e. The number of aryl methyl sites for hydroxylation is 4. The molecular formula is C26H31N5O3. The lowest BCUT2D eigenvalue weighted by Gasteiger charge is -2.21. The first-order chi connectivity index (χ1) is 16.3. The average molecular weight is 462 g/mol. The predicted octanol–water partition coefficient (Wildman–Crippen LogP) is 4.26. The molecule has 0 bridgehead atoms. The number of hydrogen-bond donors (Lipinski definition) is 2. The first-order valence-electron chi connectivity index (χ1n) is 11.6. The molecule has 1 heterocycles. The fraction of sp³-hybridized carbons (Fsp3) is 0.385. The van der Waals surface area contributed by atoms with Gasteiger partial charge in [0.1, 0.15) is 0 Å². The first kappa shape index (κ1) is 23.6. The van der Waals surface area contributed by atoms with E-state index < -0.39 is 0 Å². The minimum Gasteiger partial charge on any atom is -0.338 e. The van der Waals surface area contributed by atoms with E-state index in [1.54, 1.807) is 4.90 Å². The molecule has 2 amide bonds. The molecule has 1 fully saturated rings. The van der Waals surface area contributed by atoms with Crippen molar-refractivity contribution < 1.29 is 14.1 Å². The lowest BCUT2D eigenvalue weighted by Crippen LogP contribution is -2.38. The summed E-state index contributed by atoms with van der Waals surface area (Å²) in [5.41, 5.74) is 5.53. The summed E-state index contributed by atoms with van der Waals surface area (Å²) in [4.78, 5) is 32.1. The maximum absolute atomic E-state index is 12.9. The van der Waals surface area contributed by atoms with E-state index in [-0.39, 0.29) is 31.4 Å². The molecule has 0 saturated heterocycles. The zero-order valence-corrected chi connectivity index (χ0v) is 20.1. The summed E-state index contributed by atoms with van der Waals surface area (Å²) < 4.78 is 5.41. The molecule has 34 heavy (non-hydrogen) atoms. The second-order valence-corrected chi connectivity index (χ2v) is 9.10. The van der Waals surface area contributed by atoms with Crippen molar-refractivity contribution >= 4 is 23.2 Å². The summed E-state index contributed by atoms with van der Waals surface area (Å²) in [7, 11) is 0. The van der Waals surface area contributed by atoms with Crippen LogP contribution in [-0.4, -0.2) is 39.9 Å². The number of benzene rings is 2. The summed E-state index contributed by atoms with van der Waals surface area (Å²) >= 11 is 0. The molecule has 8 heteroatoms. The van der Waals surface area contributed by atoms with Crippen LogP contribution >= 0.6 is 0 Å². The third-order valence-electron chi connectivity index (χ3n) is 6.01. The van der Waals surface area contributed by atoms with E-state index in [4.69, 9.17) is 4.52 Å². The second kappa shape index (κ2) is 10.2. The maximum atomic E-state index is 12.9. The number of amides is 2. The molecule has 2 aromatic carbocycles. The largest absolute Gasteiger partial charge is 0.338 e. The zero-order valence-electron chi connectivity index (χ0n) is 20.1. The highest BCUT2D eigenvalue weighted by Gasteiger charge is 2.29. The Labute approximate surface area is 199 Å². The van der Waals surface area contributed by atoms with Crippen molar-refractivity contribution in [3.8, 4) is 0 Å². The van der Waals surface area contributed by atoms with E-state index in [1.807, 2.05) is 64.1 Å². The van der Waals surface area contributed by atoms with Crippen molar-refractivity contribution in [1.29, 1.82) is 0 Å². The van der Waals surface area contributed by atoms with Crippen molar-refractivity contribution in [3.05, 3.63) is 70.4 Å². The Morgan fingerprint density at radius 2 is 1.35 bits per heavy atom. The summed E-state index contributed by atoms with van der Waals surface area (Å²) in [6.07, 6.45) is 2.14. The van der Waals surface area contributed by atoms with Gasteiger partial charge in [-0.2, -0.15) is 4.98 Å². The molecule has 0 aliphatic heterocycles. The molecule has 4 rings (SSSR count).